The predicted molar refractivity (Wildman–Crippen MR) is 156 cm³/mol. The maximum atomic E-state index is 14.2. The van der Waals surface area contributed by atoms with E-state index in [0.717, 1.165) is 32.2 Å². The lowest BCUT2D eigenvalue weighted by atomic mass is 9.87. The molecule has 4 heterocycles. The second-order valence-electron chi connectivity index (χ2n) is 11.5. The van der Waals surface area contributed by atoms with Gasteiger partial charge in [-0.25, -0.2) is 13.8 Å². The minimum atomic E-state index is -2.78. The van der Waals surface area contributed by atoms with E-state index in [1.165, 1.54) is 4.57 Å². The number of amides is 1. The largest absolute Gasteiger partial charge is 0.474 e. The molecule has 1 aliphatic carbocycles. The number of hydrogen-bond acceptors (Lipinski definition) is 9. The fraction of sp³-hybridized carbons (Fsp3) is 0.600. The molecule has 3 aromatic rings. The van der Waals surface area contributed by atoms with Gasteiger partial charge in [-0.05, 0) is 50.8 Å². The van der Waals surface area contributed by atoms with Gasteiger partial charge in [0.15, 0.2) is 5.82 Å². The summed E-state index contributed by atoms with van der Waals surface area (Å²) in [7, 11) is 2.00. The second kappa shape index (κ2) is 13.5. The van der Waals surface area contributed by atoms with E-state index in [1.54, 1.807) is 30.3 Å². The molecule has 1 saturated carbocycles. The number of alkyl halides is 2. The van der Waals surface area contributed by atoms with E-state index in [4.69, 9.17) is 24.2 Å². The van der Waals surface area contributed by atoms with Crippen molar-refractivity contribution in [2.24, 2.45) is 5.92 Å². The van der Waals surface area contributed by atoms with Crippen LogP contribution in [0.25, 0.3) is 16.9 Å². The molecule has 43 heavy (non-hydrogen) atoms. The number of benzene rings is 1. The summed E-state index contributed by atoms with van der Waals surface area (Å²) in [6.45, 7) is 6.07. The number of halogens is 2. The number of carbonyl (C=O) groups excluding carboxylic acids is 1. The first-order valence-electron chi connectivity index (χ1n) is 15.1. The van der Waals surface area contributed by atoms with E-state index in [0.29, 0.717) is 93.7 Å². The molecule has 1 amide bonds. The van der Waals surface area contributed by atoms with Crippen LogP contribution in [0.15, 0.2) is 30.3 Å². The van der Waals surface area contributed by atoms with Gasteiger partial charge in [0.2, 0.25) is 17.7 Å². The normalized spacial score (nSPS) is 21.6. The molecule has 1 aromatic carbocycles. The van der Waals surface area contributed by atoms with Gasteiger partial charge in [-0.15, -0.1) is 0 Å². The molecule has 2 aromatic heterocycles. The van der Waals surface area contributed by atoms with Gasteiger partial charge in [-0.1, -0.05) is 12.1 Å². The number of carbonyl (C=O) groups is 1. The number of ether oxygens (including phenoxy) is 3. The highest BCUT2D eigenvalue weighted by molar-refractivity contribution is 5.78. The molecule has 0 unspecified atom stereocenters. The SMILES string of the molecule is CN(CC(=O)N1CCOCC1)CC1CCC(Oc2cc(-n3c(C(F)F)nc4ccccc43)nc(N3CCOCC3)n2)CC1. The lowest BCUT2D eigenvalue weighted by molar-refractivity contribution is -0.136. The summed E-state index contributed by atoms with van der Waals surface area (Å²) in [5, 5.41) is 0. The van der Waals surface area contributed by atoms with Crippen LogP contribution in [0.2, 0.25) is 0 Å². The summed E-state index contributed by atoms with van der Waals surface area (Å²) in [6.07, 6.45) is 0.798. The van der Waals surface area contributed by atoms with E-state index in [1.807, 2.05) is 16.8 Å². The molecule has 0 radical (unpaired) electrons. The Morgan fingerprint density at radius 3 is 2.42 bits per heavy atom. The molecule has 3 aliphatic rings. The van der Waals surface area contributed by atoms with Crippen LogP contribution in [0.4, 0.5) is 14.7 Å². The average molecular weight is 600 g/mol. The zero-order valence-corrected chi connectivity index (χ0v) is 24.5. The Morgan fingerprint density at radius 2 is 1.70 bits per heavy atom. The molecule has 232 valence electrons. The molecular formula is C30H39F2N7O4. The molecule has 0 atom stereocenters. The van der Waals surface area contributed by atoms with Gasteiger partial charge < -0.3 is 24.0 Å². The van der Waals surface area contributed by atoms with Crippen LogP contribution in [-0.4, -0.2) is 114 Å². The maximum absolute atomic E-state index is 14.2. The van der Waals surface area contributed by atoms with Crippen molar-refractivity contribution in [2.45, 2.75) is 38.2 Å². The van der Waals surface area contributed by atoms with Crippen molar-refractivity contribution in [1.29, 1.82) is 0 Å². The number of imidazole rings is 1. The molecule has 6 rings (SSSR count). The van der Waals surface area contributed by atoms with Crippen LogP contribution < -0.4 is 9.64 Å². The highest BCUT2D eigenvalue weighted by atomic mass is 19.3. The van der Waals surface area contributed by atoms with Crippen LogP contribution >= 0.6 is 0 Å². The van der Waals surface area contributed by atoms with Crippen molar-refractivity contribution < 1.29 is 27.8 Å². The zero-order valence-electron chi connectivity index (χ0n) is 24.5. The summed E-state index contributed by atoms with van der Waals surface area (Å²) >= 11 is 0. The number of hydrogen-bond donors (Lipinski definition) is 0. The van der Waals surface area contributed by atoms with Gasteiger partial charge in [-0.2, -0.15) is 9.97 Å². The van der Waals surface area contributed by atoms with Gasteiger partial charge in [0.1, 0.15) is 11.9 Å². The number of fused-ring (bicyclic) bond motifs is 1. The first-order valence-corrected chi connectivity index (χ1v) is 15.1. The number of nitrogens with zero attached hydrogens (tertiary/aromatic N) is 7. The average Bonchev–Trinajstić information content (AvgIpc) is 3.43. The van der Waals surface area contributed by atoms with Crippen LogP contribution in [0.1, 0.15) is 37.9 Å². The number of aromatic nitrogens is 4. The summed E-state index contributed by atoms with van der Waals surface area (Å²) in [4.78, 5) is 32.2. The number of likely N-dealkylation sites (N-methyl/N-ethyl adjacent to an activating group) is 1. The Morgan fingerprint density at radius 1 is 1.00 bits per heavy atom. The molecule has 2 saturated heterocycles. The van der Waals surface area contributed by atoms with E-state index in [9.17, 15) is 13.6 Å². The third kappa shape index (κ3) is 7.05. The summed E-state index contributed by atoms with van der Waals surface area (Å²) in [6, 6.07) is 8.69. The zero-order chi connectivity index (χ0) is 29.8. The van der Waals surface area contributed by atoms with Gasteiger partial charge in [0.25, 0.3) is 6.43 Å². The van der Waals surface area contributed by atoms with Crippen LogP contribution in [0.3, 0.4) is 0 Å². The third-order valence-corrected chi connectivity index (χ3v) is 8.40. The van der Waals surface area contributed by atoms with E-state index in [2.05, 4.69) is 9.88 Å². The molecule has 3 fully saturated rings. The minimum absolute atomic E-state index is 0.0501. The van der Waals surface area contributed by atoms with Crippen molar-refractivity contribution >= 4 is 22.9 Å². The van der Waals surface area contributed by atoms with Crippen LogP contribution in [-0.2, 0) is 14.3 Å². The van der Waals surface area contributed by atoms with E-state index < -0.39 is 6.43 Å². The molecule has 0 spiro atoms. The molecule has 2 aliphatic heterocycles. The standard InChI is InChI=1S/C30H39F2N7O4/c1-36(20-27(40)37-10-14-41-15-11-37)19-21-6-8-22(9-7-21)43-26-18-25(34-30(35-26)38-12-16-42-17-13-38)39-24-5-3-2-4-23(24)33-29(39)28(31)32/h2-5,18,21-22,28H,6-17,19-20H2,1H3. The fourth-order valence-electron chi connectivity index (χ4n) is 6.16. The van der Waals surface area contributed by atoms with Crippen molar-refractivity contribution in [2.75, 3.05) is 77.6 Å². The highest BCUT2D eigenvalue weighted by Gasteiger charge is 2.28. The lowest BCUT2D eigenvalue weighted by Gasteiger charge is -2.33. The number of rotatable bonds is 9. The number of para-hydroxylation sites is 2. The highest BCUT2D eigenvalue weighted by Crippen LogP contribution is 2.32. The number of morpholine rings is 2. The monoisotopic (exact) mass is 599 g/mol. The smallest absolute Gasteiger partial charge is 0.296 e. The lowest BCUT2D eigenvalue weighted by Crippen LogP contribution is -2.45. The van der Waals surface area contributed by atoms with Crippen LogP contribution in [0, 0.1) is 5.92 Å². The van der Waals surface area contributed by atoms with E-state index in [-0.39, 0.29) is 17.8 Å². The minimum Gasteiger partial charge on any atom is -0.474 e. The van der Waals surface area contributed by atoms with Gasteiger partial charge in [0, 0.05) is 38.8 Å². The Hall–Kier alpha value is -3.42. The van der Waals surface area contributed by atoms with Crippen molar-refractivity contribution in [3.8, 4) is 11.7 Å². The summed E-state index contributed by atoms with van der Waals surface area (Å²) in [5.41, 5.74) is 1.02. The van der Waals surface area contributed by atoms with Gasteiger partial charge in [0.05, 0.1) is 44.0 Å². The summed E-state index contributed by atoms with van der Waals surface area (Å²) in [5.74, 6) is 1.35. The fourth-order valence-corrected chi connectivity index (χ4v) is 6.16. The van der Waals surface area contributed by atoms with Crippen molar-refractivity contribution in [1.82, 2.24) is 29.3 Å². The Bertz CT molecular complexity index is 1390. The second-order valence-corrected chi connectivity index (χ2v) is 11.5. The topological polar surface area (TPSA) is 98.1 Å². The predicted octanol–water partition coefficient (Wildman–Crippen LogP) is 3.32. The Kier molecular flexibility index (Phi) is 9.29. The van der Waals surface area contributed by atoms with Crippen molar-refractivity contribution in [3.05, 3.63) is 36.2 Å². The quantitative estimate of drug-likeness (QED) is 0.367. The first kappa shape index (κ1) is 29.6. The first-order chi connectivity index (χ1) is 20.9. The Balaban J connectivity index is 1.15. The van der Waals surface area contributed by atoms with E-state index >= 15 is 0 Å². The maximum Gasteiger partial charge on any atom is 0.296 e. The molecule has 0 bridgehead atoms. The Labute approximate surface area is 249 Å². The number of anilines is 1. The molecule has 11 nitrogen and oxygen atoms in total. The van der Waals surface area contributed by atoms with Crippen LogP contribution in [0.5, 0.6) is 5.88 Å². The van der Waals surface area contributed by atoms with Gasteiger partial charge in [-0.3, -0.25) is 14.3 Å². The third-order valence-electron chi connectivity index (χ3n) is 8.40. The summed E-state index contributed by atoms with van der Waals surface area (Å²) < 4.78 is 47.0. The molecular weight excluding hydrogens is 560 g/mol. The molecule has 13 heteroatoms. The van der Waals surface area contributed by atoms with Crippen molar-refractivity contribution in [3.63, 3.8) is 0 Å². The van der Waals surface area contributed by atoms with Gasteiger partial charge >= 0.3 is 0 Å². The molecule has 0 N–H and O–H groups in total.